The number of halogens is 1. The Morgan fingerprint density at radius 1 is 1.11 bits per heavy atom. The molecule has 0 aliphatic rings. The molecule has 0 fully saturated rings. The summed E-state index contributed by atoms with van der Waals surface area (Å²) in [5.74, 6) is 5.68. The van der Waals surface area contributed by atoms with Crippen LogP contribution >= 0.6 is 11.6 Å². The average Bonchev–Trinajstić information content (AvgIpc) is 2.40. The molecule has 3 N–H and O–H groups in total. The Balaban J connectivity index is 2.21. The van der Waals surface area contributed by atoms with Gasteiger partial charge in [-0.15, -0.1) is 0 Å². The highest BCUT2D eigenvalue weighted by molar-refractivity contribution is 6.30. The molecule has 0 aliphatic carbocycles. The van der Waals surface area contributed by atoms with Crippen LogP contribution in [0.2, 0.25) is 5.02 Å². The number of nitrogens with two attached hydrogens (primary N) is 1. The van der Waals surface area contributed by atoms with Gasteiger partial charge >= 0.3 is 0 Å². The second-order valence-corrected chi connectivity index (χ2v) is 5.33. The first kappa shape index (κ1) is 14.1. The van der Waals surface area contributed by atoms with Gasteiger partial charge in [-0.05, 0) is 54.7 Å². The van der Waals surface area contributed by atoms with E-state index in [4.69, 9.17) is 17.4 Å². The molecule has 0 spiro atoms. The Hall–Kier alpha value is -1.35. The highest BCUT2D eigenvalue weighted by atomic mass is 35.5. The van der Waals surface area contributed by atoms with Crippen LogP contribution in [0.5, 0.6) is 0 Å². The molecule has 0 saturated carbocycles. The lowest BCUT2D eigenvalue weighted by atomic mass is 9.97. The molecule has 0 amide bonds. The fraction of sp³-hybridized carbons (Fsp3) is 0.250. The summed E-state index contributed by atoms with van der Waals surface area (Å²) in [4.78, 5) is 0. The van der Waals surface area contributed by atoms with Gasteiger partial charge in [0, 0.05) is 5.02 Å². The molecule has 0 saturated heterocycles. The van der Waals surface area contributed by atoms with Crippen molar-refractivity contribution in [3.63, 3.8) is 0 Å². The number of aryl methyl sites for hydroxylation is 2. The van der Waals surface area contributed by atoms with E-state index < -0.39 is 0 Å². The first-order valence-electron chi connectivity index (χ1n) is 6.38. The van der Waals surface area contributed by atoms with Crippen LogP contribution in [-0.4, -0.2) is 0 Å². The van der Waals surface area contributed by atoms with E-state index in [9.17, 15) is 0 Å². The molecule has 0 aromatic heterocycles. The van der Waals surface area contributed by atoms with E-state index in [-0.39, 0.29) is 6.04 Å². The standard InChI is InChI=1S/C16H19ClN2/c1-11-6-7-13(8-12(11)2)9-16(19-18)14-4-3-5-15(17)10-14/h3-8,10,16,19H,9,18H2,1-2H3. The predicted molar refractivity (Wildman–Crippen MR) is 81.1 cm³/mol. The molecular weight excluding hydrogens is 256 g/mol. The van der Waals surface area contributed by atoms with Crippen molar-refractivity contribution in [2.75, 3.05) is 0 Å². The van der Waals surface area contributed by atoms with Crippen molar-refractivity contribution in [2.45, 2.75) is 26.3 Å². The van der Waals surface area contributed by atoms with E-state index in [0.29, 0.717) is 0 Å². The van der Waals surface area contributed by atoms with Crippen LogP contribution in [0, 0.1) is 13.8 Å². The van der Waals surface area contributed by atoms with E-state index >= 15 is 0 Å². The van der Waals surface area contributed by atoms with Crippen molar-refractivity contribution in [1.29, 1.82) is 0 Å². The zero-order valence-corrected chi connectivity index (χ0v) is 12.0. The Bertz CT molecular complexity index is 566. The van der Waals surface area contributed by atoms with Gasteiger partial charge in [-0.3, -0.25) is 11.3 Å². The fourth-order valence-electron chi connectivity index (χ4n) is 2.16. The second kappa shape index (κ2) is 6.20. The number of nitrogens with one attached hydrogen (secondary N) is 1. The number of rotatable bonds is 4. The van der Waals surface area contributed by atoms with Gasteiger partial charge in [0.05, 0.1) is 6.04 Å². The first-order valence-corrected chi connectivity index (χ1v) is 6.75. The summed E-state index contributed by atoms with van der Waals surface area (Å²) < 4.78 is 0. The van der Waals surface area contributed by atoms with Gasteiger partial charge in [0.15, 0.2) is 0 Å². The van der Waals surface area contributed by atoms with Crippen LogP contribution in [0.1, 0.15) is 28.3 Å². The molecule has 1 unspecified atom stereocenters. The van der Waals surface area contributed by atoms with Crippen LogP contribution < -0.4 is 11.3 Å². The van der Waals surface area contributed by atoms with Gasteiger partial charge in [0.25, 0.3) is 0 Å². The van der Waals surface area contributed by atoms with Crippen molar-refractivity contribution in [1.82, 2.24) is 5.43 Å². The van der Waals surface area contributed by atoms with Crippen molar-refractivity contribution in [3.05, 3.63) is 69.7 Å². The Morgan fingerprint density at radius 3 is 2.53 bits per heavy atom. The van der Waals surface area contributed by atoms with Crippen molar-refractivity contribution in [2.24, 2.45) is 5.84 Å². The molecule has 1 atom stereocenters. The number of hydrogen-bond acceptors (Lipinski definition) is 2. The highest BCUT2D eigenvalue weighted by Crippen LogP contribution is 2.22. The molecule has 0 bridgehead atoms. The summed E-state index contributed by atoms with van der Waals surface area (Å²) >= 11 is 6.03. The van der Waals surface area contributed by atoms with E-state index in [1.54, 1.807) is 0 Å². The van der Waals surface area contributed by atoms with Crippen molar-refractivity contribution in [3.8, 4) is 0 Å². The van der Waals surface area contributed by atoms with Crippen LogP contribution in [0.15, 0.2) is 42.5 Å². The number of hydrazine groups is 1. The SMILES string of the molecule is Cc1ccc(CC(NN)c2cccc(Cl)c2)cc1C. The fourth-order valence-corrected chi connectivity index (χ4v) is 2.36. The quantitative estimate of drug-likeness (QED) is 0.659. The van der Waals surface area contributed by atoms with Gasteiger partial charge in [0.1, 0.15) is 0 Å². The maximum absolute atomic E-state index is 6.03. The minimum atomic E-state index is 0.0702. The lowest BCUT2D eigenvalue weighted by Crippen LogP contribution is -2.29. The largest absolute Gasteiger partial charge is 0.271 e. The average molecular weight is 275 g/mol. The zero-order chi connectivity index (χ0) is 13.8. The van der Waals surface area contributed by atoms with Crippen LogP contribution in [0.4, 0.5) is 0 Å². The second-order valence-electron chi connectivity index (χ2n) is 4.90. The van der Waals surface area contributed by atoms with Gasteiger partial charge in [0.2, 0.25) is 0 Å². The third-order valence-corrected chi connectivity index (χ3v) is 3.70. The maximum Gasteiger partial charge on any atom is 0.0500 e. The number of benzene rings is 2. The predicted octanol–water partition coefficient (Wildman–Crippen LogP) is 3.70. The molecule has 0 radical (unpaired) electrons. The van der Waals surface area contributed by atoms with Gasteiger partial charge in [-0.25, -0.2) is 0 Å². The van der Waals surface area contributed by atoms with Crippen molar-refractivity contribution >= 4 is 11.6 Å². The Kier molecular flexibility index (Phi) is 4.59. The lowest BCUT2D eigenvalue weighted by molar-refractivity contribution is 0.552. The molecule has 2 rings (SSSR count). The first-order chi connectivity index (χ1) is 9.10. The summed E-state index contributed by atoms with van der Waals surface area (Å²) in [6, 6.07) is 14.4. The maximum atomic E-state index is 6.03. The van der Waals surface area contributed by atoms with Crippen molar-refractivity contribution < 1.29 is 0 Å². The molecule has 0 heterocycles. The third-order valence-electron chi connectivity index (χ3n) is 3.46. The van der Waals surface area contributed by atoms with E-state index in [1.807, 2.05) is 24.3 Å². The monoisotopic (exact) mass is 274 g/mol. The topological polar surface area (TPSA) is 38.0 Å². The highest BCUT2D eigenvalue weighted by Gasteiger charge is 2.11. The van der Waals surface area contributed by atoms with E-state index in [1.165, 1.54) is 16.7 Å². The Morgan fingerprint density at radius 2 is 1.89 bits per heavy atom. The smallest absolute Gasteiger partial charge is 0.0500 e. The van der Waals surface area contributed by atoms with Crippen LogP contribution in [0.25, 0.3) is 0 Å². The molecule has 3 heteroatoms. The molecule has 19 heavy (non-hydrogen) atoms. The van der Waals surface area contributed by atoms with Gasteiger partial charge < -0.3 is 0 Å². The third kappa shape index (κ3) is 3.57. The summed E-state index contributed by atoms with van der Waals surface area (Å²) in [6.07, 6.45) is 0.845. The van der Waals surface area contributed by atoms with Gasteiger partial charge in [-0.1, -0.05) is 41.9 Å². The van der Waals surface area contributed by atoms with E-state index in [0.717, 1.165) is 17.0 Å². The van der Waals surface area contributed by atoms with Gasteiger partial charge in [-0.2, -0.15) is 0 Å². The minimum Gasteiger partial charge on any atom is -0.271 e. The molecule has 0 aliphatic heterocycles. The summed E-state index contributed by atoms with van der Waals surface area (Å²) in [5, 5.41) is 0.734. The molecule has 2 aromatic carbocycles. The minimum absolute atomic E-state index is 0.0702. The lowest BCUT2D eigenvalue weighted by Gasteiger charge is -2.17. The summed E-state index contributed by atoms with van der Waals surface area (Å²) in [6.45, 7) is 4.25. The molecule has 100 valence electrons. The summed E-state index contributed by atoms with van der Waals surface area (Å²) in [5.41, 5.74) is 7.86. The molecule has 2 aromatic rings. The van der Waals surface area contributed by atoms with Crippen LogP contribution in [-0.2, 0) is 6.42 Å². The number of hydrogen-bond donors (Lipinski definition) is 2. The van der Waals surface area contributed by atoms with Crippen LogP contribution in [0.3, 0.4) is 0 Å². The summed E-state index contributed by atoms with van der Waals surface area (Å²) in [7, 11) is 0. The zero-order valence-electron chi connectivity index (χ0n) is 11.3. The normalized spacial score (nSPS) is 12.4. The van der Waals surface area contributed by atoms with E-state index in [2.05, 4.69) is 37.5 Å². The molecule has 2 nitrogen and oxygen atoms in total. The molecular formula is C16H19ClN2. The Labute approximate surface area is 119 Å².